The van der Waals surface area contributed by atoms with E-state index in [2.05, 4.69) is 29.0 Å². The number of hydrogen-bond acceptors (Lipinski definition) is 3. The monoisotopic (exact) mass is 269 g/mol. The van der Waals surface area contributed by atoms with Crippen LogP contribution in [0.2, 0.25) is 0 Å². The van der Waals surface area contributed by atoms with E-state index in [-0.39, 0.29) is 11.8 Å². The first kappa shape index (κ1) is 14.8. The first-order valence-electron chi connectivity index (χ1n) is 6.28. The molecule has 0 saturated carbocycles. The second-order valence-electron chi connectivity index (χ2n) is 4.07. The summed E-state index contributed by atoms with van der Waals surface area (Å²) in [4.78, 5) is 17.7. The zero-order valence-electron chi connectivity index (χ0n) is 10.9. The van der Waals surface area contributed by atoms with Gasteiger partial charge in [-0.05, 0) is 25.0 Å². The van der Waals surface area contributed by atoms with E-state index in [0.29, 0.717) is 5.69 Å². The van der Waals surface area contributed by atoms with E-state index in [1.165, 1.54) is 0 Å². The number of rotatable bonds is 7. The Hall–Kier alpha value is -1.29. The Morgan fingerprint density at radius 2 is 2.00 bits per heavy atom. The van der Waals surface area contributed by atoms with E-state index in [4.69, 9.17) is 11.6 Å². The van der Waals surface area contributed by atoms with Gasteiger partial charge in [0, 0.05) is 13.1 Å². The molecular formula is C13H20ClN3O. The van der Waals surface area contributed by atoms with Crippen LogP contribution >= 0.6 is 11.6 Å². The van der Waals surface area contributed by atoms with E-state index >= 15 is 0 Å². The van der Waals surface area contributed by atoms with Crippen LogP contribution in [0, 0.1) is 0 Å². The molecule has 5 heteroatoms. The fourth-order valence-corrected chi connectivity index (χ4v) is 1.79. The van der Waals surface area contributed by atoms with Gasteiger partial charge in [0.05, 0.1) is 11.9 Å². The van der Waals surface area contributed by atoms with Crippen LogP contribution in [0.1, 0.15) is 26.7 Å². The number of anilines is 2. The van der Waals surface area contributed by atoms with Gasteiger partial charge in [0.25, 0.3) is 0 Å². The Labute approximate surface area is 113 Å². The van der Waals surface area contributed by atoms with Gasteiger partial charge in [0.1, 0.15) is 11.7 Å². The number of hydrogen-bond donors (Lipinski definition) is 1. The third-order valence-electron chi connectivity index (χ3n) is 2.46. The molecular weight excluding hydrogens is 250 g/mol. The Kier molecular flexibility index (Phi) is 6.50. The second-order valence-corrected chi connectivity index (χ2v) is 4.34. The third-order valence-corrected chi connectivity index (χ3v) is 2.71. The summed E-state index contributed by atoms with van der Waals surface area (Å²) in [6.07, 6.45) is 3.84. The van der Waals surface area contributed by atoms with Crippen molar-refractivity contribution >= 4 is 29.0 Å². The molecule has 0 fully saturated rings. The maximum Gasteiger partial charge on any atom is 0.239 e. The fraction of sp³-hybridized carbons (Fsp3) is 0.538. The highest BCUT2D eigenvalue weighted by Gasteiger charge is 2.06. The van der Waals surface area contributed by atoms with E-state index in [9.17, 15) is 4.79 Å². The highest BCUT2D eigenvalue weighted by atomic mass is 35.5. The molecule has 1 aromatic heterocycles. The van der Waals surface area contributed by atoms with E-state index in [1.807, 2.05) is 12.1 Å². The van der Waals surface area contributed by atoms with E-state index in [1.54, 1.807) is 6.20 Å². The van der Waals surface area contributed by atoms with Crippen molar-refractivity contribution in [2.45, 2.75) is 26.7 Å². The molecule has 0 aliphatic carbocycles. The second kappa shape index (κ2) is 7.93. The normalized spacial score (nSPS) is 10.2. The number of alkyl halides is 1. The van der Waals surface area contributed by atoms with E-state index < -0.39 is 0 Å². The van der Waals surface area contributed by atoms with Crippen LogP contribution in [0.5, 0.6) is 0 Å². The van der Waals surface area contributed by atoms with Crippen LogP contribution in [-0.2, 0) is 4.79 Å². The average molecular weight is 270 g/mol. The van der Waals surface area contributed by atoms with Gasteiger partial charge >= 0.3 is 0 Å². The standard InChI is InChI=1S/C13H20ClN3O/c1-3-7-17(8-4-2)12-6-5-11(10-15-12)16-13(18)9-14/h5-6,10H,3-4,7-9H2,1-2H3,(H,16,18). The lowest BCUT2D eigenvalue weighted by molar-refractivity contribution is -0.113. The minimum atomic E-state index is -0.217. The number of amides is 1. The lowest BCUT2D eigenvalue weighted by Crippen LogP contribution is -2.25. The summed E-state index contributed by atoms with van der Waals surface area (Å²) < 4.78 is 0. The van der Waals surface area contributed by atoms with Gasteiger partial charge in [-0.25, -0.2) is 4.98 Å². The Morgan fingerprint density at radius 3 is 2.44 bits per heavy atom. The Morgan fingerprint density at radius 1 is 1.33 bits per heavy atom. The molecule has 1 aromatic rings. The van der Waals surface area contributed by atoms with Gasteiger partial charge in [-0.3, -0.25) is 4.79 Å². The molecule has 0 radical (unpaired) electrons. The molecule has 4 nitrogen and oxygen atoms in total. The Bertz CT molecular complexity index is 361. The topological polar surface area (TPSA) is 45.2 Å². The largest absolute Gasteiger partial charge is 0.357 e. The molecule has 100 valence electrons. The van der Waals surface area contributed by atoms with Crippen molar-refractivity contribution in [3.8, 4) is 0 Å². The molecule has 0 spiro atoms. The summed E-state index contributed by atoms with van der Waals surface area (Å²) in [5.74, 6) is 0.687. The first-order chi connectivity index (χ1) is 8.71. The van der Waals surface area contributed by atoms with Crippen molar-refractivity contribution in [1.82, 2.24) is 4.98 Å². The Balaban J connectivity index is 2.70. The number of carbonyl (C=O) groups excluding carboxylic acids is 1. The van der Waals surface area contributed by atoms with Crippen molar-refractivity contribution in [2.24, 2.45) is 0 Å². The molecule has 0 saturated heterocycles. The number of carbonyl (C=O) groups is 1. The molecule has 1 amide bonds. The number of nitrogens with zero attached hydrogens (tertiary/aromatic N) is 2. The number of aromatic nitrogens is 1. The predicted octanol–water partition coefficient (Wildman–Crippen LogP) is 2.89. The zero-order chi connectivity index (χ0) is 13.4. The van der Waals surface area contributed by atoms with Crippen molar-refractivity contribution in [3.05, 3.63) is 18.3 Å². The van der Waals surface area contributed by atoms with Gasteiger partial charge in [-0.1, -0.05) is 13.8 Å². The highest BCUT2D eigenvalue weighted by Crippen LogP contribution is 2.15. The lowest BCUT2D eigenvalue weighted by atomic mass is 10.3. The van der Waals surface area contributed by atoms with Crippen LogP contribution in [-0.4, -0.2) is 29.9 Å². The minimum absolute atomic E-state index is 0.0421. The molecule has 1 N–H and O–H groups in total. The van der Waals surface area contributed by atoms with Crippen LogP contribution in [0.3, 0.4) is 0 Å². The summed E-state index contributed by atoms with van der Waals surface area (Å²) in [7, 11) is 0. The number of pyridine rings is 1. The van der Waals surface area contributed by atoms with Crippen LogP contribution in [0.25, 0.3) is 0 Å². The molecule has 0 bridgehead atoms. The van der Waals surface area contributed by atoms with Crippen LogP contribution < -0.4 is 10.2 Å². The SMILES string of the molecule is CCCN(CCC)c1ccc(NC(=O)CCl)cn1. The molecule has 0 unspecified atom stereocenters. The van der Waals surface area contributed by atoms with Gasteiger partial charge < -0.3 is 10.2 Å². The number of halogens is 1. The van der Waals surface area contributed by atoms with Crippen LogP contribution in [0.15, 0.2) is 18.3 Å². The quantitative estimate of drug-likeness (QED) is 0.774. The van der Waals surface area contributed by atoms with Crippen molar-refractivity contribution < 1.29 is 4.79 Å². The summed E-state index contributed by atoms with van der Waals surface area (Å²) in [5, 5.41) is 2.67. The summed E-state index contributed by atoms with van der Waals surface area (Å²) in [6, 6.07) is 3.78. The molecule has 0 aliphatic heterocycles. The number of nitrogens with one attached hydrogen (secondary N) is 1. The minimum Gasteiger partial charge on any atom is -0.357 e. The van der Waals surface area contributed by atoms with Gasteiger partial charge in [0.2, 0.25) is 5.91 Å². The summed E-state index contributed by atoms with van der Waals surface area (Å²) in [5.41, 5.74) is 0.678. The zero-order valence-corrected chi connectivity index (χ0v) is 11.7. The first-order valence-corrected chi connectivity index (χ1v) is 6.81. The summed E-state index contributed by atoms with van der Waals surface area (Å²) in [6.45, 7) is 6.29. The van der Waals surface area contributed by atoms with Gasteiger partial charge in [-0.2, -0.15) is 0 Å². The van der Waals surface area contributed by atoms with E-state index in [0.717, 1.165) is 31.7 Å². The van der Waals surface area contributed by atoms with Crippen LogP contribution in [0.4, 0.5) is 11.5 Å². The summed E-state index contributed by atoms with van der Waals surface area (Å²) >= 11 is 5.43. The molecule has 0 atom stereocenters. The fourth-order valence-electron chi connectivity index (χ4n) is 1.72. The van der Waals surface area contributed by atoms with Crippen molar-refractivity contribution in [2.75, 3.05) is 29.2 Å². The molecule has 1 heterocycles. The predicted molar refractivity (Wildman–Crippen MR) is 76.4 cm³/mol. The molecule has 0 aromatic carbocycles. The van der Waals surface area contributed by atoms with Crippen molar-refractivity contribution in [1.29, 1.82) is 0 Å². The lowest BCUT2D eigenvalue weighted by Gasteiger charge is -2.22. The average Bonchev–Trinajstić information content (AvgIpc) is 2.39. The highest BCUT2D eigenvalue weighted by molar-refractivity contribution is 6.29. The van der Waals surface area contributed by atoms with Gasteiger partial charge in [-0.15, -0.1) is 11.6 Å². The smallest absolute Gasteiger partial charge is 0.239 e. The molecule has 0 aliphatic rings. The maximum atomic E-state index is 11.1. The van der Waals surface area contributed by atoms with Gasteiger partial charge in [0.15, 0.2) is 0 Å². The molecule has 1 rings (SSSR count). The molecule has 18 heavy (non-hydrogen) atoms. The van der Waals surface area contributed by atoms with Crippen molar-refractivity contribution in [3.63, 3.8) is 0 Å². The maximum absolute atomic E-state index is 11.1. The third kappa shape index (κ3) is 4.53.